The summed E-state index contributed by atoms with van der Waals surface area (Å²) in [4.78, 5) is 4.38. The molecule has 0 amide bonds. The molecule has 0 bridgehead atoms. The van der Waals surface area contributed by atoms with Crippen LogP contribution in [-0.4, -0.2) is 31.8 Å². The van der Waals surface area contributed by atoms with E-state index in [1.165, 1.54) is 12.8 Å². The van der Waals surface area contributed by atoms with Crippen molar-refractivity contribution in [1.29, 1.82) is 0 Å². The Hall–Kier alpha value is -1.29. The first-order valence-corrected chi connectivity index (χ1v) is 6.35. The summed E-state index contributed by atoms with van der Waals surface area (Å²) in [6.45, 7) is 2.70. The minimum atomic E-state index is 0.842. The molecule has 4 nitrogen and oxygen atoms in total. The minimum Gasteiger partial charge on any atom is -0.381 e. The van der Waals surface area contributed by atoms with Gasteiger partial charge in [0.1, 0.15) is 11.6 Å². The molecule has 94 valence electrons. The van der Waals surface area contributed by atoms with Crippen molar-refractivity contribution in [2.45, 2.75) is 19.3 Å². The second-order valence-electron chi connectivity index (χ2n) is 4.46. The van der Waals surface area contributed by atoms with E-state index in [0.29, 0.717) is 0 Å². The average molecular weight is 235 g/mol. The molecular weight excluding hydrogens is 214 g/mol. The molecule has 2 N–H and O–H groups in total. The lowest BCUT2D eigenvalue weighted by molar-refractivity contribution is 0.124. The van der Waals surface area contributed by atoms with Gasteiger partial charge in [-0.05, 0) is 37.3 Å². The largest absolute Gasteiger partial charge is 0.381 e. The smallest absolute Gasteiger partial charge is 0.128 e. The van der Waals surface area contributed by atoms with Crippen molar-refractivity contribution in [3.8, 4) is 0 Å². The zero-order valence-electron chi connectivity index (χ0n) is 10.4. The molecule has 4 heteroatoms. The number of hydrogen-bond acceptors (Lipinski definition) is 4. The van der Waals surface area contributed by atoms with Crippen molar-refractivity contribution in [2.75, 3.05) is 37.4 Å². The Bertz CT molecular complexity index is 339. The summed E-state index contributed by atoms with van der Waals surface area (Å²) in [5.41, 5.74) is 0. The molecule has 1 aliphatic rings. The van der Waals surface area contributed by atoms with Crippen LogP contribution in [0.25, 0.3) is 0 Å². The number of pyridine rings is 1. The predicted molar refractivity (Wildman–Crippen MR) is 70.4 cm³/mol. The molecule has 1 aliphatic carbocycles. The standard InChI is InChI=1S/C13H21N3O/c1-14-12-4-2-5-13(16-12)15-8-3-9-17-10-11-6-7-11/h2,4-5,11H,3,6-10H2,1H3,(H2,14,15,16). The lowest BCUT2D eigenvalue weighted by Gasteiger charge is -2.07. The molecule has 1 heterocycles. The zero-order valence-corrected chi connectivity index (χ0v) is 10.4. The fraction of sp³-hybridized carbons (Fsp3) is 0.615. The second kappa shape index (κ2) is 6.45. The van der Waals surface area contributed by atoms with Gasteiger partial charge in [0.05, 0.1) is 0 Å². The molecule has 1 fully saturated rings. The van der Waals surface area contributed by atoms with Gasteiger partial charge in [-0.1, -0.05) is 6.07 Å². The van der Waals surface area contributed by atoms with E-state index >= 15 is 0 Å². The second-order valence-corrected chi connectivity index (χ2v) is 4.46. The molecule has 1 aromatic rings. The first-order valence-electron chi connectivity index (χ1n) is 6.35. The third kappa shape index (κ3) is 4.61. The predicted octanol–water partition coefficient (Wildman–Crippen LogP) is 2.35. The fourth-order valence-corrected chi connectivity index (χ4v) is 1.60. The van der Waals surface area contributed by atoms with Crippen LogP contribution >= 0.6 is 0 Å². The maximum absolute atomic E-state index is 5.57. The molecule has 1 aromatic heterocycles. The maximum atomic E-state index is 5.57. The van der Waals surface area contributed by atoms with E-state index in [0.717, 1.165) is 43.7 Å². The number of ether oxygens (including phenoxy) is 1. The third-order valence-corrected chi connectivity index (χ3v) is 2.83. The van der Waals surface area contributed by atoms with Gasteiger partial charge >= 0.3 is 0 Å². The summed E-state index contributed by atoms with van der Waals surface area (Å²) >= 11 is 0. The van der Waals surface area contributed by atoms with E-state index in [9.17, 15) is 0 Å². The summed E-state index contributed by atoms with van der Waals surface area (Å²) in [5.74, 6) is 2.66. The van der Waals surface area contributed by atoms with Gasteiger partial charge in [0.25, 0.3) is 0 Å². The van der Waals surface area contributed by atoms with Crippen LogP contribution in [-0.2, 0) is 4.74 Å². The molecule has 0 aliphatic heterocycles. The van der Waals surface area contributed by atoms with E-state index in [4.69, 9.17) is 4.74 Å². The highest BCUT2D eigenvalue weighted by Gasteiger charge is 2.20. The third-order valence-electron chi connectivity index (χ3n) is 2.83. The fourth-order valence-electron chi connectivity index (χ4n) is 1.60. The quantitative estimate of drug-likeness (QED) is 0.679. The summed E-state index contributed by atoms with van der Waals surface area (Å²) in [6.07, 6.45) is 3.75. The van der Waals surface area contributed by atoms with E-state index < -0.39 is 0 Å². The van der Waals surface area contributed by atoms with Gasteiger partial charge in [0, 0.05) is 26.8 Å². The van der Waals surface area contributed by atoms with Crippen LogP contribution in [0, 0.1) is 5.92 Å². The highest BCUT2D eigenvalue weighted by molar-refractivity contribution is 5.44. The SMILES string of the molecule is CNc1cccc(NCCCOCC2CC2)n1. The Morgan fingerprint density at radius 1 is 1.35 bits per heavy atom. The van der Waals surface area contributed by atoms with Gasteiger partial charge < -0.3 is 15.4 Å². The van der Waals surface area contributed by atoms with Crippen LogP contribution < -0.4 is 10.6 Å². The Labute approximate surface area is 103 Å². The summed E-state index contributed by atoms with van der Waals surface area (Å²) in [5, 5.41) is 6.31. The van der Waals surface area contributed by atoms with Crippen LogP contribution in [0.3, 0.4) is 0 Å². The molecule has 17 heavy (non-hydrogen) atoms. The minimum absolute atomic E-state index is 0.842. The molecule has 0 spiro atoms. The van der Waals surface area contributed by atoms with Crippen LogP contribution in [0.15, 0.2) is 18.2 Å². The van der Waals surface area contributed by atoms with Crippen LogP contribution in [0.1, 0.15) is 19.3 Å². The number of rotatable bonds is 8. The number of anilines is 2. The molecule has 1 saturated carbocycles. The van der Waals surface area contributed by atoms with Crippen molar-refractivity contribution >= 4 is 11.6 Å². The van der Waals surface area contributed by atoms with Crippen molar-refractivity contribution in [3.63, 3.8) is 0 Å². The summed E-state index contributed by atoms with van der Waals surface area (Å²) < 4.78 is 5.57. The van der Waals surface area contributed by atoms with Gasteiger partial charge in [-0.2, -0.15) is 0 Å². The number of hydrogen-bond donors (Lipinski definition) is 2. The van der Waals surface area contributed by atoms with Gasteiger partial charge in [0.15, 0.2) is 0 Å². The van der Waals surface area contributed by atoms with Crippen molar-refractivity contribution in [3.05, 3.63) is 18.2 Å². The molecule has 0 aromatic carbocycles. The van der Waals surface area contributed by atoms with Gasteiger partial charge in [-0.15, -0.1) is 0 Å². The zero-order chi connectivity index (χ0) is 11.9. The average Bonchev–Trinajstić information content (AvgIpc) is 3.18. The Morgan fingerprint density at radius 3 is 2.94 bits per heavy atom. The van der Waals surface area contributed by atoms with Crippen LogP contribution in [0.2, 0.25) is 0 Å². The topological polar surface area (TPSA) is 46.2 Å². The Balaban J connectivity index is 1.56. The monoisotopic (exact) mass is 235 g/mol. The number of nitrogens with one attached hydrogen (secondary N) is 2. The summed E-state index contributed by atoms with van der Waals surface area (Å²) in [6, 6.07) is 5.92. The normalized spacial score (nSPS) is 14.6. The lowest BCUT2D eigenvalue weighted by Crippen LogP contribution is -2.08. The highest BCUT2D eigenvalue weighted by atomic mass is 16.5. The maximum Gasteiger partial charge on any atom is 0.128 e. The first-order chi connectivity index (χ1) is 8.38. The van der Waals surface area contributed by atoms with E-state index in [-0.39, 0.29) is 0 Å². The van der Waals surface area contributed by atoms with Crippen LogP contribution in [0.4, 0.5) is 11.6 Å². The molecular formula is C13H21N3O. The van der Waals surface area contributed by atoms with Gasteiger partial charge in [-0.3, -0.25) is 0 Å². The Kier molecular flexibility index (Phi) is 4.62. The molecule has 0 radical (unpaired) electrons. The molecule has 0 unspecified atom stereocenters. The number of nitrogens with zero attached hydrogens (tertiary/aromatic N) is 1. The van der Waals surface area contributed by atoms with Crippen molar-refractivity contribution < 1.29 is 4.74 Å². The van der Waals surface area contributed by atoms with E-state index in [1.54, 1.807) is 0 Å². The lowest BCUT2D eigenvalue weighted by atomic mass is 10.4. The number of aromatic nitrogens is 1. The van der Waals surface area contributed by atoms with Crippen LogP contribution in [0.5, 0.6) is 0 Å². The van der Waals surface area contributed by atoms with Crippen molar-refractivity contribution in [1.82, 2.24) is 4.98 Å². The van der Waals surface area contributed by atoms with E-state index in [1.807, 2.05) is 25.2 Å². The molecule has 2 rings (SSSR count). The van der Waals surface area contributed by atoms with Crippen molar-refractivity contribution in [2.24, 2.45) is 5.92 Å². The summed E-state index contributed by atoms with van der Waals surface area (Å²) in [7, 11) is 1.87. The first kappa shape index (κ1) is 12.2. The molecule has 0 atom stereocenters. The van der Waals surface area contributed by atoms with E-state index in [2.05, 4.69) is 15.6 Å². The van der Waals surface area contributed by atoms with Gasteiger partial charge in [0.2, 0.25) is 0 Å². The highest BCUT2D eigenvalue weighted by Crippen LogP contribution is 2.28. The molecule has 0 saturated heterocycles. The van der Waals surface area contributed by atoms with Gasteiger partial charge in [-0.25, -0.2) is 4.98 Å². The Morgan fingerprint density at radius 2 is 2.18 bits per heavy atom.